The summed E-state index contributed by atoms with van der Waals surface area (Å²) < 4.78 is 10.7. The molecule has 0 bridgehead atoms. The number of likely N-dealkylation sites (tertiary alicyclic amines) is 1. The highest BCUT2D eigenvalue weighted by molar-refractivity contribution is 5.91. The number of hydrogen-bond acceptors (Lipinski definition) is 4. The Kier molecular flexibility index (Phi) is 4.20. The quantitative estimate of drug-likeness (QED) is 0.897. The molecule has 6 nitrogen and oxygen atoms in total. The fraction of sp³-hybridized carbons (Fsp3) is 0.625. The van der Waals surface area contributed by atoms with E-state index in [1.165, 1.54) is 6.26 Å². The van der Waals surface area contributed by atoms with Crippen LogP contribution in [0.2, 0.25) is 0 Å². The Morgan fingerprint density at radius 3 is 2.73 bits per heavy atom. The summed E-state index contributed by atoms with van der Waals surface area (Å²) >= 11 is 0. The molecular weight excluding hydrogens is 284 g/mol. The number of carbonyl (C=O) groups excluding carboxylic acids is 2. The highest BCUT2D eigenvalue weighted by atomic mass is 16.5. The van der Waals surface area contributed by atoms with Crippen LogP contribution in [0.3, 0.4) is 0 Å². The Morgan fingerprint density at radius 2 is 2.09 bits per heavy atom. The van der Waals surface area contributed by atoms with Gasteiger partial charge >= 0.3 is 0 Å². The molecule has 0 radical (unpaired) electrons. The van der Waals surface area contributed by atoms with Crippen molar-refractivity contribution >= 4 is 11.8 Å². The minimum absolute atomic E-state index is 0.0203. The van der Waals surface area contributed by atoms with Gasteiger partial charge < -0.3 is 19.4 Å². The van der Waals surface area contributed by atoms with Crippen LogP contribution in [0, 0.1) is 5.41 Å². The number of hydrogen-bond donors (Lipinski definition) is 1. The number of nitrogens with zero attached hydrogens (tertiary/aromatic N) is 1. The Labute approximate surface area is 129 Å². The molecule has 0 aromatic carbocycles. The lowest BCUT2D eigenvalue weighted by Gasteiger charge is -2.48. The predicted molar refractivity (Wildman–Crippen MR) is 79.3 cm³/mol. The zero-order valence-corrected chi connectivity index (χ0v) is 12.8. The van der Waals surface area contributed by atoms with Gasteiger partial charge in [0.2, 0.25) is 5.91 Å². The van der Waals surface area contributed by atoms with E-state index in [0.29, 0.717) is 19.0 Å². The van der Waals surface area contributed by atoms with E-state index in [0.717, 1.165) is 32.4 Å². The zero-order chi connectivity index (χ0) is 15.6. The minimum atomic E-state index is -0.200. The number of piperidine rings is 1. The van der Waals surface area contributed by atoms with Crippen molar-refractivity contribution in [2.45, 2.75) is 32.2 Å². The van der Waals surface area contributed by atoms with E-state index in [4.69, 9.17) is 9.15 Å². The third-order valence-electron chi connectivity index (χ3n) is 5.02. The van der Waals surface area contributed by atoms with Crippen LogP contribution in [0.25, 0.3) is 0 Å². The van der Waals surface area contributed by atoms with Crippen LogP contribution in [0.4, 0.5) is 0 Å². The summed E-state index contributed by atoms with van der Waals surface area (Å²) in [5.41, 5.74) is 0.0203. The van der Waals surface area contributed by atoms with Gasteiger partial charge in [-0.1, -0.05) is 0 Å². The molecule has 1 spiro atoms. The number of amides is 2. The molecule has 6 heteroatoms. The highest BCUT2D eigenvalue weighted by Gasteiger charge is 2.44. The molecule has 2 saturated heterocycles. The van der Waals surface area contributed by atoms with Crippen molar-refractivity contribution in [2.24, 2.45) is 5.41 Å². The molecule has 22 heavy (non-hydrogen) atoms. The van der Waals surface area contributed by atoms with Gasteiger partial charge in [0, 0.05) is 26.6 Å². The Hall–Kier alpha value is -1.82. The number of furan rings is 1. The molecule has 1 atom stereocenters. The van der Waals surface area contributed by atoms with Gasteiger partial charge in [0.05, 0.1) is 18.9 Å². The van der Waals surface area contributed by atoms with Crippen molar-refractivity contribution in [3.63, 3.8) is 0 Å². The molecular formula is C16H22N2O4. The monoisotopic (exact) mass is 306 g/mol. The summed E-state index contributed by atoms with van der Waals surface area (Å²) in [6.45, 7) is 4.35. The molecule has 1 aromatic rings. The fourth-order valence-corrected chi connectivity index (χ4v) is 3.52. The van der Waals surface area contributed by atoms with E-state index in [1.807, 2.05) is 4.90 Å². The fourth-order valence-electron chi connectivity index (χ4n) is 3.52. The van der Waals surface area contributed by atoms with E-state index >= 15 is 0 Å². The van der Waals surface area contributed by atoms with Crippen molar-refractivity contribution < 1.29 is 18.7 Å². The third-order valence-corrected chi connectivity index (χ3v) is 5.02. The smallest absolute Gasteiger partial charge is 0.287 e. The van der Waals surface area contributed by atoms with Crippen molar-refractivity contribution in [1.29, 1.82) is 0 Å². The van der Waals surface area contributed by atoms with Gasteiger partial charge in [-0.2, -0.15) is 0 Å². The molecule has 3 rings (SSSR count). The average Bonchev–Trinajstić information content (AvgIpc) is 3.04. The van der Waals surface area contributed by atoms with Crippen molar-refractivity contribution in [2.75, 3.05) is 26.3 Å². The van der Waals surface area contributed by atoms with Gasteiger partial charge in [0.15, 0.2) is 5.76 Å². The minimum Gasteiger partial charge on any atom is -0.459 e. The first-order valence-corrected chi connectivity index (χ1v) is 7.78. The highest BCUT2D eigenvalue weighted by Crippen LogP contribution is 2.41. The second-order valence-electron chi connectivity index (χ2n) is 6.20. The van der Waals surface area contributed by atoms with Crippen LogP contribution in [0.5, 0.6) is 0 Å². The summed E-state index contributed by atoms with van der Waals surface area (Å²) in [7, 11) is 0. The van der Waals surface area contributed by atoms with Gasteiger partial charge in [-0.15, -0.1) is 0 Å². The summed E-state index contributed by atoms with van der Waals surface area (Å²) in [6.07, 6.45) is 4.22. The van der Waals surface area contributed by atoms with Crippen LogP contribution < -0.4 is 5.32 Å². The molecule has 2 fully saturated rings. The van der Waals surface area contributed by atoms with Crippen LogP contribution in [-0.2, 0) is 9.53 Å². The maximum atomic E-state index is 12.2. The summed E-state index contributed by atoms with van der Waals surface area (Å²) in [4.78, 5) is 25.6. The van der Waals surface area contributed by atoms with Crippen molar-refractivity contribution in [3.8, 4) is 0 Å². The lowest BCUT2D eigenvalue weighted by molar-refractivity contribution is -0.133. The molecule has 1 N–H and O–H groups in total. The second kappa shape index (κ2) is 6.12. The first-order valence-electron chi connectivity index (χ1n) is 7.78. The molecule has 2 amide bonds. The first kappa shape index (κ1) is 15.1. The number of carbonyl (C=O) groups is 2. The molecule has 0 saturated carbocycles. The number of ether oxygens (including phenoxy) is 1. The average molecular weight is 306 g/mol. The molecule has 3 heterocycles. The van der Waals surface area contributed by atoms with Gasteiger partial charge in [-0.05, 0) is 36.8 Å². The molecule has 0 unspecified atom stereocenters. The standard InChI is InChI=1S/C16H22N2O4/c1-12(19)18-7-4-16(5-8-18)6-10-21-11-14(16)17-15(20)13-3-2-9-22-13/h2-3,9,14H,4-8,10-11H2,1H3,(H,17,20)/t14-/m0/s1. The summed E-state index contributed by atoms with van der Waals surface area (Å²) in [6, 6.07) is 3.32. The van der Waals surface area contributed by atoms with Crippen molar-refractivity contribution in [1.82, 2.24) is 10.2 Å². The maximum Gasteiger partial charge on any atom is 0.287 e. The van der Waals surface area contributed by atoms with Gasteiger partial charge in [-0.25, -0.2) is 0 Å². The van der Waals surface area contributed by atoms with Crippen LogP contribution >= 0.6 is 0 Å². The topological polar surface area (TPSA) is 71.8 Å². The predicted octanol–water partition coefficient (Wildman–Crippen LogP) is 1.43. The lowest BCUT2D eigenvalue weighted by atomic mass is 9.69. The zero-order valence-electron chi connectivity index (χ0n) is 12.8. The molecule has 2 aliphatic rings. The molecule has 120 valence electrons. The van der Waals surface area contributed by atoms with E-state index in [-0.39, 0.29) is 23.3 Å². The van der Waals surface area contributed by atoms with E-state index < -0.39 is 0 Å². The molecule has 1 aromatic heterocycles. The maximum absolute atomic E-state index is 12.2. The van der Waals surface area contributed by atoms with Gasteiger partial charge in [0.1, 0.15) is 0 Å². The third kappa shape index (κ3) is 2.88. The Balaban J connectivity index is 1.69. The van der Waals surface area contributed by atoms with E-state index in [2.05, 4.69) is 5.32 Å². The van der Waals surface area contributed by atoms with Crippen LogP contribution in [-0.4, -0.2) is 49.1 Å². The number of nitrogens with one attached hydrogen (secondary N) is 1. The first-order chi connectivity index (χ1) is 10.6. The summed E-state index contributed by atoms with van der Waals surface area (Å²) in [5, 5.41) is 3.06. The van der Waals surface area contributed by atoms with E-state index in [9.17, 15) is 9.59 Å². The normalized spacial score (nSPS) is 24.2. The van der Waals surface area contributed by atoms with Crippen molar-refractivity contribution in [3.05, 3.63) is 24.2 Å². The van der Waals surface area contributed by atoms with Gasteiger partial charge in [0.25, 0.3) is 5.91 Å². The SMILES string of the molecule is CC(=O)N1CCC2(CCOC[C@@H]2NC(=O)c2ccco2)CC1. The van der Waals surface area contributed by atoms with Crippen LogP contribution in [0.1, 0.15) is 36.7 Å². The largest absolute Gasteiger partial charge is 0.459 e. The second-order valence-corrected chi connectivity index (χ2v) is 6.20. The van der Waals surface area contributed by atoms with E-state index in [1.54, 1.807) is 19.1 Å². The lowest BCUT2D eigenvalue weighted by Crippen LogP contribution is -2.57. The van der Waals surface area contributed by atoms with Crippen LogP contribution in [0.15, 0.2) is 22.8 Å². The number of rotatable bonds is 2. The summed E-state index contributed by atoms with van der Waals surface area (Å²) in [5.74, 6) is 0.244. The Bertz CT molecular complexity index is 532. The van der Waals surface area contributed by atoms with Gasteiger partial charge in [-0.3, -0.25) is 9.59 Å². The molecule has 2 aliphatic heterocycles. The Morgan fingerprint density at radius 1 is 1.32 bits per heavy atom. The molecule has 0 aliphatic carbocycles.